The van der Waals surface area contributed by atoms with Crippen molar-refractivity contribution in [3.63, 3.8) is 0 Å². The maximum absolute atomic E-state index is 2.75. The smallest absolute Gasteiger partial charge is 0.00893 e. The van der Waals surface area contributed by atoms with Crippen molar-refractivity contribution < 1.29 is 0 Å². The summed E-state index contributed by atoms with van der Waals surface area (Å²) in [6.45, 7) is 12.9. The molecule has 21 heavy (non-hydrogen) atoms. The van der Waals surface area contributed by atoms with Gasteiger partial charge in [-0.2, -0.15) is 0 Å². The highest BCUT2D eigenvalue weighted by Gasteiger charge is 2.26. The molecule has 0 aromatic rings. The van der Waals surface area contributed by atoms with Crippen LogP contribution in [-0.2, 0) is 0 Å². The van der Waals surface area contributed by atoms with Crippen LogP contribution in [0, 0.1) is 17.8 Å². The van der Waals surface area contributed by atoms with Crippen LogP contribution < -0.4 is 0 Å². The van der Waals surface area contributed by atoms with E-state index in [1.165, 1.54) is 58.2 Å². The van der Waals surface area contributed by atoms with Gasteiger partial charge in [-0.25, -0.2) is 0 Å². The first-order valence-corrected chi connectivity index (χ1v) is 9.45. The van der Waals surface area contributed by atoms with Crippen molar-refractivity contribution in [2.24, 2.45) is 17.8 Å². The molecule has 2 rings (SSSR count). The van der Waals surface area contributed by atoms with Gasteiger partial charge in [-0.15, -0.1) is 0 Å². The summed E-state index contributed by atoms with van der Waals surface area (Å²) < 4.78 is 0. The molecule has 2 heteroatoms. The summed E-state index contributed by atoms with van der Waals surface area (Å²) >= 11 is 0. The van der Waals surface area contributed by atoms with Gasteiger partial charge < -0.3 is 9.80 Å². The number of rotatable bonds is 4. The van der Waals surface area contributed by atoms with Crippen LogP contribution in [0.4, 0.5) is 0 Å². The third-order valence-corrected chi connectivity index (χ3v) is 5.64. The fraction of sp³-hybridized carbons (Fsp3) is 1.00. The monoisotopic (exact) mass is 296 g/mol. The first-order chi connectivity index (χ1) is 10.1. The zero-order valence-corrected chi connectivity index (χ0v) is 15.6. The van der Waals surface area contributed by atoms with Gasteiger partial charge in [0.1, 0.15) is 0 Å². The first kappa shape index (κ1) is 19.0. The number of hydrogen-bond acceptors (Lipinski definition) is 2. The molecule has 1 aliphatic heterocycles. The molecule has 1 aliphatic carbocycles. The summed E-state index contributed by atoms with van der Waals surface area (Å²) in [6.07, 6.45) is 8.61. The summed E-state index contributed by atoms with van der Waals surface area (Å²) in [5, 5.41) is 0. The number of hydrogen-bond donors (Lipinski definition) is 0. The second-order valence-electron chi connectivity index (χ2n) is 7.52. The molecule has 0 radical (unpaired) electrons. The fourth-order valence-corrected chi connectivity index (χ4v) is 4.01. The third-order valence-electron chi connectivity index (χ3n) is 5.64. The molecule has 0 N–H and O–H groups in total. The van der Waals surface area contributed by atoms with Gasteiger partial charge >= 0.3 is 0 Å². The lowest BCUT2D eigenvalue weighted by Crippen LogP contribution is -2.40. The number of nitrogens with zero attached hydrogens (tertiary/aromatic N) is 2. The van der Waals surface area contributed by atoms with E-state index < -0.39 is 0 Å². The Morgan fingerprint density at radius 3 is 1.86 bits per heavy atom. The number of likely N-dealkylation sites (tertiary alicyclic amines) is 1. The predicted molar refractivity (Wildman–Crippen MR) is 94.8 cm³/mol. The highest BCUT2D eigenvalue weighted by molar-refractivity contribution is 4.81. The Hall–Kier alpha value is -0.0800. The Labute approximate surface area is 134 Å². The second-order valence-corrected chi connectivity index (χ2v) is 7.52. The minimum Gasteiger partial charge on any atom is -0.306 e. The lowest BCUT2D eigenvalue weighted by molar-refractivity contribution is 0.113. The zero-order valence-electron chi connectivity index (χ0n) is 15.6. The highest BCUT2D eigenvalue weighted by Crippen LogP contribution is 2.29. The van der Waals surface area contributed by atoms with Crippen molar-refractivity contribution in [1.82, 2.24) is 9.80 Å². The minimum atomic E-state index is 0.850. The molecular formula is C19H40N2. The van der Waals surface area contributed by atoms with E-state index in [9.17, 15) is 0 Å². The Bertz CT molecular complexity index is 220. The molecule has 0 aromatic heterocycles. The predicted octanol–water partition coefficient (Wildman–Crippen LogP) is 4.50. The summed E-state index contributed by atoms with van der Waals surface area (Å²) in [4.78, 5) is 5.17. The topological polar surface area (TPSA) is 6.48 Å². The van der Waals surface area contributed by atoms with Crippen LogP contribution >= 0.6 is 0 Å². The quantitative estimate of drug-likeness (QED) is 0.753. The fourth-order valence-electron chi connectivity index (χ4n) is 4.01. The molecule has 126 valence electrons. The first-order valence-electron chi connectivity index (χ1n) is 9.45. The SMILES string of the molecule is CC.CC(C)C1CCN(CC2CCC(N(C)C)CC2)CC1. The average Bonchev–Trinajstić information content (AvgIpc) is 2.50. The molecule has 2 aliphatic rings. The van der Waals surface area contributed by atoms with Crippen LogP contribution in [-0.4, -0.2) is 49.6 Å². The van der Waals surface area contributed by atoms with Crippen LogP contribution in [0.15, 0.2) is 0 Å². The van der Waals surface area contributed by atoms with E-state index >= 15 is 0 Å². The summed E-state index contributed by atoms with van der Waals surface area (Å²) in [7, 11) is 4.48. The van der Waals surface area contributed by atoms with Crippen molar-refractivity contribution in [1.29, 1.82) is 0 Å². The largest absolute Gasteiger partial charge is 0.306 e. The molecule has 0 spiro atoms. The Morgan fingerprint density at radius 2 is 1.43 bits per heavy atom. The summed E-state index contributed by atoms with van der Waals surface area (Å²) in [5.41, 5.74) is 0. The van der Waals surface area contributed by atoms with Gasteiger partial charge in [0.2, 0.25) is 0 Å². The van der Waals surface area contributed by atoms with E-state index in [1.54, 1.807) is 0 Å². The van der Waals surface area contributed by atoms with Gasteiger partial charge in [0.25, 0.3) is 0 Å². The standard InChI is InChI=1S/C17H34N2.C2H6/c1-14(2)16-9-11-19(12-10-16)13-15-5-7-17(8-6-15)18(3)4;1-2/h14-17H,5-13H2,1-4H3;1-2H3. The van der Waals surface area contributed by atoms with Gasteiger partial charge in [-0.05, 0) is 83.5 Å². The van der Waals surface area contributed by atoms with E-state index in [4.69, 9.17) is 0 Å². The van der Waals surface area contributed by atoms with E-state index in [0.717, 1.165) is 23.8 Å². The lowest BCUT2D eigenvalue weighted by Gasteiger charge is -2.38. The van der Waals surface area contributed by atoms with Crippen LogP contribution in [0.2, 0.25) is 0 Å². The normalized spacial score (nSPS) is 28.6. The Balaban J connectivity index is 0.00000106. The maximum atomic E-state index is 2.75. The van der Waals surface area contributed by atoms with Crippen molar-refractivity contribution >= 4 is 0 Å². The maximum Gasteiger partial charge on any atom is 0.00893 e. The average molecular weight is 297 g/mol. The Morgan fingerprint density at radius 1 is 0.905 bits per heavy atom. The molecule has 2 nitrogen and oxygen atoms in total. The molecule has 1 heterocycles. The van der Waals surface area contributed by atoms with Gasteiger partial charge in [0.05, 0.1) is 0 Å². The Kier molecular flexibility index (Phi) is 8.89. The molecule has 0 aromatic carbocycles. The van der Waals surface area contributed by atoms with Crippen molar-refractivity contribution in [3.05, 3.63) is 0 Å². The van der Waals surface area contributed by atoms with E-state index in [0.29, 0.717) is 0 Å². The highest BCUT2D eigenvalue weighted by atomic mass is 15.1. The van der Waals surface area contributed by atoms with E-state index in [2.05, 4.69) is 37.7 Å². The molecule has 0 amide bonds. The van der Waals surface area contributed by atoms with E-state index in [1.807, 2.05) is 13.8 Å². The number of piperidine rings is 1. The molecule has 1 saturated heterocycles. The molecular weight excluding hydrogens is 256 g/mol. The third kappa shape index (κ3) is 6.28. The zero-order chi connectivity index (χ0) is 15.8. The summed E-state index contributed by atoms with van der Waals surface area (Å²) in [6, 6.07) is 0.850. The second kappa shape index (κ2) is 9.84. The van der Waals surface area contributed by atoms with Gasteiger partial charge in [0, 0.05) is 12.6 Å². The minimum absolute atomic E-state index is 0.850. The molecule has 1 saturated carbocycles. The summed E-state index contributed by atoms with van der Waals surface area (Å²) in [5.74, 6) is 2.85. The van der Waals surface area contributed by atoms with Crippen molar-refractivity contribution in [3.8, 4) is 0 Å². The van der Waals surface area contributed by atoms with Crippen molar-refractivity contribution in [2.45, 2.75) is 72.3 Å². The van der Waals surface area contributed by atoms with Crippen LogP contribution in [0.3, 0.4) is 0 Å². The molecule has 0 unspecified atom stereocenters. The molecule has 0 atom stereocenters. The van der Waals surface area contributed by atoms with Gasteiger partial charge in [0.15, 0.2) is 0 Å². The molecule has 0 bridgehead atoms. The van der Waals surface area contributed by atoms with Crippen LogP contribution in [0.5, 0.6) is 0 Å². The van der Waals surface area contributed by atoms with Crippen LogP contribution in [0.25, 0.3) is 0 Å². The lowest BCUT2D eigenvalue weighted by atomic mass is 9.83. The van der Waals surface area contributed by atoms with E-state index in [-0.39, 0.29) is 0 Å². The van der Waals surface area contributed by atoms with Gasteiger partial charge in [-0.3, -0.25) is 0 Å². The van der Waals surface area contributed by atoms with Crippen molar-refractivity contribution in [2.75, 3.05) is 33.7 Å². The van der Waals surface area contributed by atoms with Gasteiger partial charge in [-0.1, -0.05) is 27.7 Å². The molecule has 2 fully saturated rings. The van der Waals surface area contributed by atoms with Crippen LogP contribution in [0.1, 0.15) is 66.2 Å².